The lowest BCUT2D eigenvalue weighted by molar-refractivity contribution is 0.468. The summed E-state index contributed by atoms with van der Waals surface area (Å²) < 4.78 is 5.87. The van der Waals surface area contributed by atoms with Crippen LogP contribution in [0.3, 0.4) is 0 Å². The highest BCUT2D eigenvalue weighted by atomic mass is 16.5. The van der Waals surface area contributed by atoms with E-state index in [4.69, 9.17) is 4.74 Å². The number of ether oxygens (including phenoxy) is 1. The Bertz CT molecular complexity index is 520. The minimum atomic E-state index is 0.0881. The molecule has 0 aliphatic rings. The molecule has 0 amide bonds. The lowest BCUT2D eigenvalue weighted by atomic mass is 9.84. The molecule has 0 aliphatic heterocycles. The molecule has 0 saturated heterocycles. The smallest absolute Gasteiger partial charge is 0.127 e. The number of para-hydroxylation sites is 1. The van der Waals surface area contributed by atoms with Crippen LogP contribution in [-0.2, 0) is 5.41 Å². The van der Waals surface area contributed by atoms with Gasteiger partial charge < -0.3 is 10.1 Å². The van der Waals surface area contributed by atoms with Gasteiger partial charge >= 0.3 is 0 Å². The molecule has 0 radical (unpaired) electrons. The Balaban J connectivity index is 2.20. The first-order valence-corrected chi connectivity index (χ1v) is 6.60. The van der Waals surface area contributed by atoms with Gasteiger partial charge in [0.15, 0.2) is 0 Å². The van der Waals surface area contributed by atoms with Crippen LogP contribution in [0.15, 0.2) is 54.6 Å². The van der Waals surface area contributed by atoms with Crippen LogP contribution in [0.1, 0.15) is 19.4 Å². The fourth-order valence-electron chi connectivity index (χ4n) is 2.15. The van der Waals surface area contributed by atoms with Crippen molar-refractivity contribution < 1.29 is 4.74 Å². The Morgan fingerprint density at radius 3 is 2.32 bits per heavy atom. The number of rotatable bonds is 5. The zero-order valence-electron chi connectivity index (χ0n) is 11.8. The Hall–Kier alpha value is -1.80. The number of hydrogen-bond donors (Lipinski definition) is 1. The SMILES string of the molecule is CNCC(C)(C)c1cccc(Oc2ccccc2)c1. The van der Waals surface area contributed by atoms with E-state index in [0.29, 0.717) is 0 Å². The van der Waals surface area contributed by atoms with Crippen LogP contribution in [0.4, 0.5) is 0 Å². The molecule has 2 aromatic rings. The predicted molar refractivity (Wildman–Crippen MR) is 79.9 cm³/mol. The second-order valence-corrected chi connectivity index (χ2v) is 5.36. The van der Waals surface area contributed by atoms with Gasteiger partial charge in [0.2, 0.25) is 0 Å². The molecule has 100 valence electrons. The molecule has 0 aromatic heterocycles. The van der Waals surface area contributed by atoms with Crippen LogP contribution in [0.25, 0.3) is 0 Å². The van der Waals surface area contributed by atoms with E-state index in [1.165, 1.54) is 5.56 Å². The number of likely N-dealkylation sites (N-methyl/N-ethyl adjacent to an activating group) is 1. The molecule has 2 rings (SSSR count). The molecular formula is C17H21NO. The van der Waals surface area contributed by atoms with Gasteiger partial charge in [-0.05, 0) is 36.9 Å². The molecule has 19 heavy (non-hydrogen) atoms. The van der Waals surface area contributed by atoms with E-state index in [9.17, 15) is 0 Å². The fourth-order valence-corrected chi connectivity index (χ4v) is 2.15. The summed E-state index contributed by atoms with van der Waals surface area (Å²) in [7, 11) is 1.98. The van der Waals surface area contributed by atoms with Crippen molar-refractivity contribution in [1.29, 1.82) is 0 Å². The molecule has 2 nitrogen and oxygen atoms in total. The van der Waals surface area contributed by atoms with E-state index in [-0.39, 0.29) is 5.41 Å². The molecule has 0 fully saturated rings. The average Bonchev–Trinajstić information content (AvgIpc) is 2.40. The first kappa shape index (κ1) is 13.6. The summed E-state index contributed by atoms with van der Waals surface area (Å²) in [5, 5.41) is 3.23. The zero-order chi connectivity index (χ0) is 13.7. The summed E-state index contributed by atoms with van der Waals surface area (Å²) in [5.41, 5.74) is 1.36. The highest BCUT2D eigenvalue weighted by molar-refractivity contribution is 5.36. The van der Waals surface area contributed by atoms with Gasteiger partial charge in [-0.15, -0.1) is 0 Å². The van der Waals surface area contributed by atoms with Crippen molar-refractivity contribution in [2.75, 3.05) is 13.6 Å². The lowest BCUT2D eigenvalue weighted by Gasteiger charge is -2.25. The maximum absolute atomic E-state index is 5.87. The quantitative estimate of drug-likeness (QED) is 0.872. The van der Waals surface area contributed by atoms with E-state index in [1.54, 1.807) is 0 Å². The molecule has 0 bridgehead atoms. The highest BCUT2D eigenvalue weighted by Crippen LogP contribution is 2.28. The maximum Gasteiger partial charge on any atom is 0.127 e. The zero-order valence-corrected chi connectivity index (χ0v) is 11.8. The summed E-state index contributed by atoms with van der Waals surface area (Å²) in [6.45, 7) is 5.39. The number of benzene rings is 2. The van der Waals surface area contributed by atoms with Gasteiger partial charge in [0.05, 0.1) is 0 Å². The molecule has 0 atom stereocenters. The molecule has 0 aliphatic carbocycles. The van der Waals surface area contributed by atoms with Crippen molar-refractivity contribution in [2.24, 2.45) is 0 Å². The molecule has 1 N–H and O–H groups in total. The Morgan fingerprint density at radius 2 is 1.63 bits per heavy atom. The van der Waals surface area contributed by atoms with Crippen molar-refractivity contribution in [3.63, 3.8) is 0 Å². The minimum Gasteiger partial charge on any atom is -0.457 e. The second-order valence-electron chi connectivity index (χ2n) is 5.36. The second kappa shape index (κ2) is 5.89. The van der Waals surface area contributed by atoms with Crippen molar-refractivity contribution in [2.45, 2.75) is 19.3 Å². The molecule has 0 heterocycles. The third-order valence-corrected chi connectivity index (χ3v) is 3.21. The van der Waals surface area contributed by atoms with E-state index >= 15 is 0 Å². The van der Waals surface area contributed by atoms with E-state index in [1.807, 2.05) is 49.5 Å². The summed E-state index contributed by atoms with van der Waals surface area (Å²) in [4.78, 5) is 0. The Kier molecular flexibility index (Phi) is 4.23. The van der Waals surface area contributed by atoms with Gasteiger partial charge in [-0.1, -0.05) is 44.2 Å². The van der Waals surface area contributed by atoms with Crippen LogP contribution < -0.4 is 10.1 Å². The van der Waals surface area contributed by atoms with E-state index in [2.05, 4.69) is 31.3 Å². The molecular weight excluding hydrogens is 234 g/mol. The topological polar surface area (TPSA) is 21.3 Å². The van der Waals surface area contributed by atoms with Crippen LogP contribution in [0, 0.1) is 0 Å². The Labute approximate surface area is 115 Å². The first-order valence-electron chi connectivity index (χ1n) is 6.60. The van der Waals surface area contributed by atoms with Crippen LogP contribution in [0.2, 0.25) is 0 Å². The van der Waals surface area contributed by atoms with Crippen molar-refractivity contribution in [3.8, 4) is 11.5 Å². The largest absolute Gasteiger partial charge is 0.457 e. The van der Waals surface area contributed by atoms with E-state index in [0.717, 1.165) is 18.0 Å². The van der Waals surface area contributed by atoms with Gasteiger partial charge in [-0.2, -0.15) is 0 Å². The van der Waals surface area contributed by atoms with Crippen molar-refractivity contribution in [3.05, 3.63) is 60.2 Å². The molecule has 0 saturated carbocycles. The molecule has 2 heteroatoms. The lowest BCUT2D eigenvalue weighted by Crippen LogP contribution is -2.30. The van der Waals surface area contributed by atoms with Gasteiger partial charge in [0.25, 0.3) is 0 Å². The fraction of sp³-hybridized carbons (Fsp3) is 0.294. The minimum absolute atomic E-state index is 0.0881. The van der Waals surface area contributed by atoms with Crippen molar-refractivity contribution in [1.82, 2.24) is 5.32 Å². The summed E-state index contributed by atoms with van der Waals surface area (Å²) in [6.07, 6.45) is 0. The maximum atomic E-state index is 5.87. The van der Waals surface area contributed by atoms with Gasteiger partial charge in [0.1, 0.15) is 11.5 Å². The average molecular weight is 255 g/mol. The summed E-state index contributed by atoms with van der Waals surface area (Å²) in [5.74, 6) is 1.75. The van der Waals surface area contributed by atoms with E-state index < -0.39 is 0 Å². The predicted octanol–water partition coefficient (Wildman–Crippen LogP) is 3.98. The molecule has 2 aromatic carbocycles. The summed E-state index contributed by atoms with van der Waals surface area (Å²) in [6, 6.07) is 18.2. The van der Waals surface area contributed by atoms with Crippen LogP contribution >= 0.6 is 0 Å². The number of nitrogens with one attached hydrogen (secondary N) is 1. The highest BCUT2D eigenvalue weighted by Gasteiger charge is 2.19. The van der Waals surface area contributed by atoms with Crippen molar-refractivity contribution >= 4 is 0 Å². The molecule has 0 spiro atoms. The third kappa shape index (κ3) is 3.58. The monoisotopic (exact) mass is 255 g/mol. The van der Waals surface area contributed by atoms with Crippen LogP contribution in [-0.4, -0.2) is 13.6 Å². The van der Waals surface area contributed by atoms with Gasteiger partial charge in [-0.3, -0.25) is 0 Å². The Morgan fingerprint density at radius 1 is 0.947 bits per heavy atom. The van der Waals surface area contributed by atoms with Crippen LogP contribution in [0.5, 0.6) is 11.5 Å². The summed E-state index contributed by atoms with van der Waals surface area (Å²) >= 11 is 0. The van der Waals surface area contributed by atoms with Gasteiger partial charge in [0, 0.05) is 12.0 Å². The number of hydrogen-bond acceptors (Lipinski definition) is 2. The molecule has 0 unspecified atom stereocenters. The normalized spacial score (nSPS) is 11.3. The third-order valence-electron chi connectivity index (χ3n) is 3.21. The van der Waals surface area contributed by atoms with Gasteiger partial charge in [-0.25, -0.2) is 0 Å². The standard InChI is InChI=1S/C17H21NO/c1-17(2,13-18-3)14-8-7-11-16(12-14)19-15-9-5-4-6-10-15/h4-12,18H,13H2,1-3H3. The first-order chi connectivity index (χ1) is 9.12.